The molecule has 1 aliphatic heterocycles. The molecule has 104 valence electrons. The van der Waals surface area contributed by atoms with Crippen LogP contribution in [-0.2, 0) is 17.6 Å². The van der Waals surface area contributed by atoms with Gasteiger partial charge in [-0.15, -0.1) is 11.3 Å². The molecule has 20 heavy (non-hydrogen) atoms. The van der Waals surface area contributed by atoms with Crippen molar-refractivity contribution in [2.45, 2.75) is 25.8 Å². The number of nitrogens with zero attached hydrogens (tertiary/aromatic N) is 2. The van der Waals surface area contributed by atoms with Crippen molar-refractivity contribution in [2.75, 3.05) is 11.4 Å². The number of para-hydroxylation sites is 1. The van der Waals surface area contributed by atoms with Gasteiger partial charge in [-0.2, -0.15) is 0 Å². The van der Waals surface area contributed by atoms with E-state index in [0.29, 0.717) is 6.42 Å². The van der Waals surface area contributed by atoms with Crippen molar-refractivity contribution in [3.8, 4) is 0 Å². The molecule has 1 aromatic heterocycles. The zero-order valence-electron chi connectivity index (χ0n) is 11.2. The normalized spacial score (nSPS) is 17.2. The molecule has 1 aliphatic rings. The number of aliphatic carboxylic acids is 1. The van der Waals surface area contributed by atoms with E-state index in [4.69, 9.17) is 0 Å². The average Bonchev–Trinajstić information content (AvgIpc) is 3.00. The van der Waals surface area contributed by atoms with Gasteiger partial charge < -0.3 is 10.0 Å². The van der Waals surface area contributed by atoms with E-state index in [1.807, 2.05) is 41.6 Å². The van der Waals surface area contributed by atoms with Gasteiger partial charge in [0.05, 0.1) is 11.2 Å². The van der Waals surface area contributed by atoms with Gasteiger partial charge in [0.1, 0.15) is 6.04 Å². The van der Waals surface area contributed by atoms with Gasteiger partial charge in [0, 0.05) is 30.0 Å². The quantitative estimate of drug-likeness (QED) is 0.939. The highest BCUT2D eigenvalue weighted by molar-refractivity contribution is 7.09. The van der Waals surface area contributed by atoms with Gasteiger partial charge in [0.2, 0.25) is 0 Å². The number of benzene rings is 1. The van der Waals surface area contributed by atoms with Crippen molar-refractivity contribution in [3.05, 3.63) is 45.9 Å². The van der Waals surface area contributed by atoms with Crippen LogP contribution in [0.25, 0.3) is 0 Å². The summed E-state index contributed by atoms with van der Waals surface area (Å²) in [6, 6.07) is 7.52. The lowest BCUT2D eigenvalue weighted by atomic mass is 10.1. The summed E-state index contributed by atoms with van der Waals surface area (Å²) in [6.07, 6.45) is 1.43. The highest BCUT2D eigenvalue weighted by atomic mass is 32.1. The van der Waals surface area contributed by atoms with E-state index in [0.717, 1.165) is 29.9 Å². The summed E-state index contributed by atoms with van der Waals surface area (Å²) in [6.45, 7) is 2.72. The summed E-state index contributed by atoms with van der Waals surface area (Å²) < 4.78 is 0. The molecule has 2 heterocycles. The van der Waals surface area contributed by atoms with Crippen LogP contribution < -0.4 is 4.90 Å². The highest BCUT2D eigenvalue weighted by Gasteiger charge is 2.33. The molecule has 1 aromatic carbocycles. The number of thiazole rings is 1. The lowest BCUT2D eigenvalue weighted by Crippen LogP contribution is -2.39. The molecular formula is C15H16N2O2S. The second kappa shape index (κ2) is 5.25. The molecule has 4 nitrogen and oxygen atoms in total. The summed E-state index contributed by atoms with van der Waals surface area (Å²) in [4.78, 5) is 18.9. The smallest absolute Gasteiger partial charge is 0.326 e. The molecule has 2 aromatic rings. The molecule has 0 fully saturated rings. The molecule has 0 saturated heterocycles. The second-order valence-electron chi connectivity index (χ2n) is 4.99. The standard InChI is InChI=1S/C15H16N2O2S/c1-10-14(20-9-16-10)6-7-17-12-5-3-2-4-11(12)8-13(17)15(18)19/h2-5,9,13H,6-8H2,1H3,(H,18,19). The first-order valence-electron chi connectivity index (χ1n) is 6.63. The van der Waals surface area contributed by atoms with Crippen LogP contribution in [0.2, 0.25) is 0 Å². The minimum Gasteiger partial charge on any atom is -0.480 e. The Morgan fingerprint density at radius 3 is 3.00 bits per heavy atom. The molecule has 1 N–H and O–H groups in total. The first-order chi connectivity index (χ1) is 9.66. The fraction of sp³-hybridized carbons (Fsp3) is 0.333. The van der Waals surface area contributed by atoms with Gasteiger partial charge >= 0.3 is 5.97 Å². The SMILES string of the molecule is Cc1ncsc1CCN1c2ccccc2CC1C(=O)O. The lowest BCUT2D eigenvalue weighted by Gasteiger charge is -2.24. The van der Waals surface area contributed by atoms with Gasteiger partial charge in [-0.05, 0) is 18.6 Å². The topological polar surface area (TPSA) is 53.4 Å². The van der Waals surface area contributed by atoms with Gasteiger partial charge in [-0.3, -0.25) is 0 Å². The van der Waals surface area contributed by atoms with E-state index in [9.17, 15) is 9.90 Å². The molecular weight excluding hydrogens is 272 g/mol. The van der Waals surface area contributed by atoms with E-state index < -0.39 is 12.0 Å². The molecule has 1 atom stereocenters. The molecule has 1 unspecified atom stereocenters. The Hall–Kier alpha value is -1.88. The average molecular weight is 288 g/mol. The number of carboxylic acids is 1. The van der Waals surface area contributed by atoms with Crippen LogP contribution in [0.15, 0.2) is 29.8 Å². The first kappa shape index (κ1) is 13.1. The Bertz CT molecular complexity index is 638. The van der Waals surface area contributed by atoms with E-state index in [1.165, 1.54) is 4.88 Å². The van der Waals surface area contributed by atoms with E-state index in [2.05, 4.69) is 4.98 Å². The largest absolute Gasteiger partial charge is 0.480 e. The van der Waals surface area contributed by atoms with Crippen molar-refractivity contribution < 1.29 is 9.90 Å². The van der Waals surface area contributed by atoms with Gasteiger partial charge in [0.25, 0.3) is 0 Å². The third-order valence-corrected chi connectivity index (χ3v) is 4.80. The Morgan fingerprint density at radius 1 is 1.50 bits per heavy atom. The van der Waals surface area contributed by atoms with Crippen LogP contribution in [-0.4, -0.2) is 28.6 Å². The zero-order valence-corrected chi connectivity index (χ0v) is 12.1. The number of hydrogen-bond acceptors (Lipinski definition) is 4. The van der Waals surface area contributed by atoms with Crippen LogP contribution in [0.3, 0.4) is 0 Å². The van der Waals surface area contributed by atoms with Crippen molar-refractivity contribution in [1.29, 1.82) is 0 Å². The maximum atomic E-state index is 11.5. The molecule has 0 bridgehead atoms. The molecule has 0 amide bonds. The van der Waals surface area contributed by atoms with Crippen molar-refractivity contribution in [2.24, 2.45) is 0 Å². The number of fused-ring (bicyclic) bond motifs is 1. The van der Waals surface area contributed by atoms with Gasteiger partial charge in [0.15, 0.2) is 0 Å². The Morgan fingerprint density at radius 2 is 2.30 bits per heavy atom. The van der Waals surface area contributed by atoms with Gasteiger partial charge in [-0.1, -0.05) is 18.2 Å². The van der Waals surface area contributed by atoms with Crippen LogP contribution in [0.1, 0.15) is 16.1 Å². The van der Waals surface area contributed by atoms with E-state index in [1.54, 1.807) is 11.3 Å². The first-order valence-corrected chi connectivity index (χ1v) is 7.51. The van der Waals surface area contributed by atoms with Crippen molar-refractivity contribution >= 4 is 23.0 Å². The monoisotopic (exact) mass is 288 g/mol. The number of hydrogen-bond donors (Lipinski definition) is 1. The molecule has 3 rings (SSSR count). The number of aromatic nitrogens is 1. The number of anilines is 1. The molecule has 5 heteroatoms. The highest BCUT2D eigenvalue weighted by Crippen LogP contribution is 2.32. The minimum absolute atomic E-state index is 0.444. The maximum absolute atomic E-state index is 11.5. The summed E-state index contributed by atoms with van der Waals surface area (Å²) in [5.74, 6) is -0.748. The van der Waals surface area contributed by atoms with Crippen LogP contribution in [0.5, 0.6) is 0 Å². The van der Waals surface area contributed by atoms with Crippen LogP contribution >= 0.6 is 11.3 Å². The molecule has 0 radical (unpaired) electrons. The van der Waals surface area contributed by atoms with Crippen LogP contribution in [0.4, 0.5) is 5.69 Å². The number of carbonyl (C=O) groups is 1. The summed E-state index contributed by atoms with van der Waals surface area (Å²) in [7, 11) is 0. The number of rotatable bonds is 4. The van der Waals surface area contributed by atoms with Crippen molar-refractivity contribution in [3.63, 3.8) is 0 Å². The fourth-order valence-corrected chi connectivity index (χ4v) is 3.51. The molecule has 0 spiro atoms. The summed E-state index contributed by atoms with van der Waals surface area (Å²) in [5.41, 5.74) is 5.08. The van der Waals surface area contributed by atoms with Crippen molar-refractivity contribution in [1.82, 2.24) is 4.98 Å². The molecule has 0 saturated carbocycles. The predicted molar refractivity (Wildman–Crippen MR) is 79.5 cm³/mol. The summed E-state index contributed by atoms with van der Waals surface area (Å²) >= 11 is 1.64. The predicted octanol–water partition coefficient (Wildman–Crippen LogP) is 2.51. The third-order valence-electron chi connectivity index (χ3n) is 3.80. The Labute approximate surface area is 121 Å². The Kier molecular flexibility index (Phi) is 3.44. The fourth-order valence-electron chi connectivity index (χ4n) is 2.74. The third kappa shape index (κ3) is 2.29. The van der Waals surface area contributed by atoms with E-state index in [-0.39, 0.29) is 0 Å². The Balaban J connectivity index is 1.82. The zero-order chi connectivity index (χ0) is 14.1. The number of aryl methyl sites for hydroxylation is 1. The molecule has 0 aliphatic carbocycles. The number of carboxylic acid groups (broad SMARTS) is 1. The van der Waals surface area contributed by atoms with Gasteiger partial charge in [-0.25, -0.2) is 9.78 Å². The minimum atomic E-state index is -0.748. The van der Waals surface area contributed by atoms with E-state index >= 15 is 0 Å². The lowest BCUT2D eigenvalue weighted by molar-refractivity contribution is -0.138. The second-order valence-corrected chi connectivity index (χ2v) is 5.93. The maximum Gasteiger partial charge on any atom is 0.326 e. The van der Waals surface area contributed by atoms with Crippen LogP contribution in [0, 0.1) is 6.92 Å². The summed E-state index contributed by atoms with van der Waals surface area (Å²) in [5, 5.41) is 9.42.